The molecule has 0 aliphatic heterocycles. The van der Waals surface area contributed by atoms with Crippen LogP contribution in [0.5, 0.6) is 0 Å². The lowest BCUT2D eigenvalue weighted by atomic mass is 9.97. The summed E-state index contributed by atoms with van der Waals surface area (Å²) in [4.78, 5) is 11.5. The van der Waals surface area contributed by atoms with Crippen LogP contribution in [0.4, 0.5) is 0 Å². The van der Waals surface area contributed by atoms with Crippen molar-refractivity contribution in [1.29, 1.82) is 0 Å². The maximum Gasteiger partial charge on any atom is 0.220 e. The average Bonchev–Trinajstić information content (AvgIpc) is 2.24. The molecule has 0 rings (SSSR count). The highest BCUT2D eigenvalue weighted by Gasteiger charge is 2.29. The Bertz CT molecular complexity index is 241. The number of nitrogens with two attached hydrogens (primary N) is 1. The molecule has 0 spiro atoms. The van der Waals surface area contributed by atoms with Crippen LogP contribution in [0.1, 0.15) is 46.5 Å². The Hall–Kier alpha value is -1.26. The lowest BCUT2D eigenvalue weighted by Crippen LogP contribution is -2.55. The number of carbonyl (C=O) groups is 1. The second-order valence-electron chi connectivity index (χ2n) is 3.82. The van der Waals surface area contributed by atoms with Crippen molar-refractivity contribution in [2.75, 3.05) is 0 Å². The van der Waals surface area contributed by atoms with Gasteiger partial charge in [-0.3, -0.25) is 4.79 Å². The number of amides is 1. The van der Waals surface area contributed by atoms with Gasteiger partial charge in [0.1, 0.15) is 0 Å². The van der Waals surface area contributed by atoms with Crippen LogP contribution < -0.4 is 11.1 Å². The topological polar surface area (TPSA) is 87.7 Å². The molecular formula is C10H21N3O2. The second-order valence-corrected chi connectivity index (χ2v) is 3.82. The van der Waals surface area contributed by atoms with E-state index in [1.54, 1.807) is 6.92 Å². The molecule has 0 saturated heterocycles. The van der Waals surface area contributed by atoms with E-state index in [-0.39, 0.29) is 11.7 Å². The number of oxime groups is 1. The van der Waals surface area contributed by atoms with Crippen molar-refractivity contribution in [3.05, 3.63) is 0 Å². The van der Waals surface area contributed by atoms with Gasteiger partial charge in [0.2, 0.25) is 5.91 Å². The average molecular weight is 215 g/mol. The number of unbranched alkanes of at least 4 members (excludes halogenated alkanes) is 1. The van der Waals surface area contributed by atoms with Gasteiger partial charge in [0.15, 0.2) is 5.84 Å². The van der Waals surface area contributed by atoms with Gasteiger partial charge in [0.25, 0.3) is 0 Å². The van der Waals surface area contributed by atoms with E-state index in [0.29, 0.717) is 12.8 Å². The Labute approximate surface area is 90.7 Å². The molecule has 0 saturated carbocycles. The maximum absolute atomic E-state index is 11.5. The van der Waals surface area contributed by atoms with Gasteiger partial charge in [-0.1, -0.05) is 25.4 Å². The summed E-state index contributed by atoms with van der Waals surface area (Å²) in [7, 11) is 0. The number of rotatable bonds is 6. The molecule has 0 aliphatic rings. The number of hydrogen-bond acceptors (Lipinski definition) is 3. The van der Waals surface area contributed by atoms with E-state index in [1.807, 2.05) is 13.8 Å². The highest BCUT2D eigenvalue weighted by atomic mass is 16.4. The van der Waals surface area contributed by atoms with Crippen LogP contribution in [-0.2, 0) is 4.79 Å². The Morgan fingerprint density at radius 1 is 1.53 bits per heavy atom. The summed E-state index contributed by atoms with van der Waals surface area (Å²) in [5, 5.41) is 14.3. The first-order valence-electron chi connectivity index (χ1n) is 5.29. The predicted octanol–water partition coefficient (Wildman–Crippen LogP) is 1.21. The molecule has 15 heavy (non-hydrogen) atoms. The highest BCUT2D eigenvalue weighted by Crippen LogP contribution is 2.10. The molecule has 1 unspecified atom stereocenters. The van der Waals surface area contributed by atoms with Gasteiger partial charge in [-0.05, 0) is 19.8 Å². The zero-order chi connectivity index (χ0) is 11.9. The molecule has 0 aromatic rings. The summed E-state index contributed by atoms with van der Waals surface area (Å²) in [5.41, 5.74) is 4.77. The zero-order valence-corrected chi connectivity index (χ0v) is 9.71. The van der Waals surface area contributed by atoms with Crippen molar-refractivity contribution in [2.24, 2.45) is 10.9 Å². The first-order chi connectivity index (χ1) is 7.00. The van der Waals surface area contributed by atoms with Crippen molar-refractivity contribution < 1.29 is 10.0 Å². The lowest BCUT2D eigenvalue weighted by Gasteiger charge is -2.27. The van der Waals surface area contributed by atoms with Gasteiger partial charge in [-0.15, -0.1) is 0 Å². The Morgan fingerprint density at radius 3 is 2.53 bits per heavy atom. The van der Waals surface area contributed by atoms with E-state index in [9.17, 15) is 4.79 Å². The third kappa shape index (κ3) is 4.18. The van der Waals surface area contributed by atoms with Crippen molar-refractivity contribution >= 4 is 11.7 Å². The fourth-order valence-electron chi connectivity index (χ4n) is 1.15. The van der Waals surface area contributed by atoms with Gasteiger partial charge in [0, 0.05) is 6.42 Å². The van der Waals surface area contributed by atoms with E-state index in [2.05, 4.69) is 10.5 Å². The molecule has 0 radical (unpaired) electrons. The molecule has 4 N–H and O–H groups in total. The molecule has 0 aromatic carbocycles. The van der Waals surface area contributed by atoms with E-state index in [4.69, 9.17) is 10.9 Å². The van der Waals surface area contributed by atoms with Gasteiger partial charge in [-0.2, -0.15) is 0 Å². The number of nitrogens with zero attached hydrogens (tertiary/aromatic N) is 1. The van der Waals surface area contributed by atoms with Crippen LogP contribution in [0, 0.1) is 0 Å². The summed E-state index contributed by atoms with van der Waals surface area (Å²) in [5.74, 6) is -0.0253. The summed E-state index contributed by atoms with van der Waals surface area (Å²) >= 11 is 0. The van der Waals surface area contributed by atoms with E-state index < -0.39 is 5.54 Å². The Morgan fingerprint density at radius 2 is 2.13 bits per heavy atom. The Kier molecular flexibility index (Phi) is 5.74. The van der Waals surface area contributed by atoms with Crippen LogP contribution >= 0.6 is 0 Å². The van der Waals surface area contributed by atoms with Gasteiger partial charge in [-0.25, -0.2) is 0 Å². The smallest absolute Gasteiger partial charge is 0.220 e. The summed E-state index contributed by atoms with van der Waals surface area (Å²) in [6, 6.07) is 0. The zero-order valence-electron chi connectivity index (χ0n) is 9.71. The number of amidine groups is 1. The molecular weight excluding hydrogens is 194 g/mol. The summed E-state index contributed by atoms with van der Waals surface area (Å²) < 4.78 is 0. The SMILES string of the molecule is CCCCC(=O)NC(C)(CC)/C(N)=N/O. The van der Waals surface area contributed by atoms with Gasteiger partial charge < -0.3 is 16.3 Å². The largest absolute Gasteiger partial charge is 0.409 e. The standard InChI is InChI=1S/C10H21N3O2/c1-4-6-7-8(14)12-10(3,5-2)9(11)13-15/h15H,4-7H2,1-3H3,(H2,11,13)(H,12,14). The quantitative estimate of drug-likeness (QED) is 0.269. The predicted molar refractivity (Wildman–Crippen MR) is 59.8 cm³/mol. The minimum atomic E-state index is -0.750. The minimum Gasteiger partial charge on any atom is -0.409 e. The van der Waals surface area contributed by atoms with Crippen LogP contribution in [-0.4, -0.2) is 22.5 Å². The van der Waals surface area contributed by atoms with E-state index in [1.165, 1.54) is 0 Å². The minimum absolute atomic E-state index is 0.0369. The molecule has 88 valence electrons. The molecule has 0 heterocycles. The molecule has 5 heteroatoms. The second kappa shape index (κ2) is 6.27. The summed E-state index contributed by atoms with van der Waals surface area (Å²) in [6.07, 6.45) is 2.88. The first kappa shape index (κ1) is 13.7. The van der Waals surface area contributed by atoms with Crippen LogP contribution in [0.15, 0.2) is 5.16 Å². The fraction of sp³-hybridized carbons (Fsp3) is 0.800. The van der Waals surface area contributed by atoms with Crippen molar-refractivity contribution in [3.63, 3.8) is 0 Å². The molecule has 0 fully saturated rings. The molecule has 0 aromatic heterocycles. The van der Waals surface area contributed by atoms with E-state index >= 15 is 0 Å². The fourth-order valence-corrected chi connectivity index (χ4v) is 1.15. The lowest BCUT2D eigenvalue weighted by molar-refractivity contribution is -0.122. The third-order valence-corrected chi connectivity index (χ3v) is 2.55. The van der Waals surface area contributed by atoms with Crippen molar-refractivity contribution in [3.8, 4) is 0 Å². The third-order valence-electron chi connectivity index (χ3n) is 2.55. The van der Waals surface area contributed by atoms with E-state index in [0.717, 1.165) is 12.8 Å². The first-order valence-corrected chi connectivity index (χ1v) is 5.29. The number of carbonyl (C=O) groups excluding carboxylic acids is 1. The maximum atomic E-state index is 11.5. The summed E-state index contributed by atoms with van der Waals surface area (Å²) in [6.45, 7) is 5.64. The number of hydrogen-bond donors (Lipinski definition) is 3. The van der Waals surface area contributed by atoms with Crippen LogP contribution in [0.25, 0.3) is 0 Å². The molecule has 5 nitrogen and oxygen atoms in total. The van der Waals surface area contributed by atoms with Crippen molar-refractivity contribution in [2.45, 2.75) is 52.0 Å². The van der Waals surface area contributed by atoms with Crippen LogP contribution in [0.3, 0.4) is 0 Å². The highest BCUT2D eigenvalue weighted by molar-refractivity contribution is 5.93. The number of nitrogens with one attached hydrogen (secondary N) is 1. The Balaban J connectivity index is 4.38. The molecule has 0 bridgehead atoms. The molecule has 1 amide bonds. The van der Waals surface area contributed by atoms with Crippen molar-refractivity contribution in [1.82, 2.24) is 5.32 Å². The van der Waals surface area contributed by atoms with Gasteiger partial charge >= 0.3 is 0 Å². The van der Waals surface area contributed by atoms with Gasteiger partial charge in [0.05, 0.1) is 5.54 Å². The van der Waals surface area contributed by atoms with Crippen LogP contribution in [0.2, 0.25) is 0 Å². The normalized spacial score (nSPS) is 15.8. The molecule has 1 atom stereocenters. The monoisotopic (exact) mass is 215 g/mol. The molecule has 0 aliphatic carbocycles.